The quantitative estimate of drug-likeness (QED) is 0.372. The number of hydrogen-bond acceptors (Lipinski definition) is 4. The fourth-order valence-electron chi connectivity index (χ4n) is 3.56. The Labute approximate surface area is 156 Å². The molecule has 1 aliphatic heterocycles. The first kappa shape index (κ1) is 18.6. The van der Waals surface area contributed by atoms with Crippen LogP contribution in [0.1, 0.15) is 25.5 Å². The summed E-state index contributed by atoms with van der Waals surface area (Å²) in [6.45, 7) is 4.62. The lowest BCUT2D eigenvalue weighted by Crippen LogP contribution is -2.35. The van der Waals surface area contributed by atoms with Crippen LogP contribution in [0, 0.1) is 41.9 Å². The molecule has 0 N–H and O–H groups in total. The Balaban J connectivity index is 2.06. The lowest BCUT2D eigenvalue weighted by Gasteiger charge is -2.33. The lowest BCUT2D eigenvalue weighted by molar-refractivity contribution is 0.381. The molecule has 1 fully saturated rings. The van der Waals surface area contributed by atoms with E-state index in [2.05, 4.69) is 22.0 Å². The highest BCUT2D eigenvalue weighted by molar-refractivity contribution is 5.80. The minimum absolute atomic E-state index is 0.0948. The van der Waals surface area contributed by atoms with Crippen molar-refractivity contribution in [2.45, 2.75) is 26.7 Å². The zero-order valence-corrected chi connectivity index (χ0v) is 15.1. The van der Waals surface area contributed by atoms with Gasteiger partial charge in [-0.2, -0.15) is 14.6 Å². The van der Waals surface area contributed by atoms with E-state index in [9.17, 15) is 22.0 Å². The Hall–Kier alpha value is -2.78. The Morgan fingerprint density at radius 3 is 2.07 bits per heavy atom. The van der Waals surface area contributed by atoms with Crippen molar-refractivity contribution >= 4 is 11.6 Å². The lowest BCUT2D eigenvalue weighted by atomic mass is 9.97. The van der Waals surface area contributed by atoms with Gasteiger partial charge in [0.15, 0.2) is 23.3 Å². The maximum Gasteiger partial charge on any atom is 0.254 e. The van der Waals surface area contributed by atoms with Gasteiger partial charge in [-0.05, 0) is 25.7 Å². The van der Waals surface area contributed by atoms with Crippen molar-refractivity contribution < 1.29 is 22.0 Å². The van der Waals surface area contributed by atoms with E-state index in [0.29, 0.717) is 19.0 Å². The summed E-state index contributed by atoms with van der Waals surface area (Å²) in [6.07, 6.45) is 2.85. The Morgan fingerprint density at radius 1 is 0.893 bits per heavy atom. The zero-order chi connectivity index (χ0) is 20.2. The van der Waals surface area contributed by atoms with Crippen LogP contribution in [0.3, 0.4) is 0 Å². The normalized spacial score (nSPS) is 15.6. The highest BCUT2D eigenvalue weighted by atomic mass is 19.2. The molecule has 0 aliphatic carbocycles. The van der Waals surface area contributed by atoms with Gasteiger partial charge in [-0.1, -0.05) is 6.92 Å². The largest absolute Gasteiger partial charge is 0.356 e. The third-order valence-electron chi connectivity index (χ3n) is 5.13. The van der Waals surface area contributed by atoms with Gasteiger partial charge in [-0.15, -0.1) is 0 Å². The number of halogens is 5. The minimum atomic E-state index is -2.19. The molecule has 1 aromatic carbocycles. The van der Waals surface area contributed by atoms with Crippen molar-refractivity contribution in [2.75, 3.05) is 18.0 Å². The molecule has 0 spiro atoms. The molecular weight excluding hydrogens is 381 g/mol. The van der Waals surface area contributed by atoms with Crippen LogP contribution >= 0.6 is 0 Å². The van der Waals surface area contributed by atoms with E-state index in [1.807, 2.05) is 4.90 Å². The van der Waals surface area contributed by atoms with E-state index in [1.54, 1.807) is 0 Å². The molecule has 1 saturated heterocycles. The smallest absolute Gasteiger partial charge is 0.254 e. The number of benzene rings is 1. The summed E-state index contributed by atoms with van der Waals surface area (Å²) >= 11 is 0. The average molecular weight is 397 g/mol. The van der Waals surface area contributed by atoms with Crippen LogP contribution in [-0.2, 0) is 0 Å². The first-order valence-corrected chi connectivity index (χ1v) is 8.78. The number of piperidine rings is 1. The standard InChI is InChI=1S/C18H16F5N5/c1-8-3-5-27(6-4-8)17-10(9(2)26-18-24-7-25-28(17)18)11-12(19)14(21)16(23)15(22)13(11)20/h7-8H,3-6H2,1-2H3. The highest BCUT2D eigenvalue weighted by Gasteiger charge is 2.32. The third kappa shape index (κ3) is 2.70. The molecule has 0 saturated carbocycles. The third-order valence-corrected chi connectivity index (χ3v) is 5.13. The molecule has 3 aromatic rings. The van der Waals surface area contributed by atoms with Crippen molar-refractivity contribution in [2.24, 2.45) is 5.92 Å². The molecule has 0 amide bonds. The maximum atomic E-state index is 14.6. The van der Waals surface area contributed by atoms with Crippen LogP contribution in [0.4, 0.5) is 27.8 Å². The second-order valence-electron chi connectivity index (χ2n) is 6.98. The Kier molecular flexibility index (Phi) is 4.43. The Bertz CT molecular complexity index is 1040. The van der Waals surface area contributed by atoms with Crippen molar-refractivity contribution in [3.8, 4) is 11.1 Å². The summed E-state index contributed by atoms with van der Waals surface area (Å²) in [5.74, 6) is -9.12. The summed E-state index contributed by atoms with van der Waals surface area (Å²) in [7, 11) is 0. The van der Waals surface area contributed by atoms with E-state index in [1.165, 1.54) is 17.8 Å². The van der Waals surface area contributed by atoms with Gasteiger partial charge in [-0.3, -0.25) is 0 Å². The number of aromatic nitrogens is 4. The molecule has 5 nitrogen and oxygen atoms in total. The molecule has 3 heterocycles. The van der Waals surface area contributed by atoms with Crippen molar-refractivity contribution in [1.82, 2.24) is 19.6 Å². The molecule has 0 radical (unpaired) electrons. The van der Waals surface area contributed by atoms with Crippen molar-refractivity contribution in [1.29, 1.82) is 0 Å². The number of nitrogens with zero attached hydrogens (tertiary/aromatic N) is 5. The molecule has 0 unspecified atom stereocenters. The fourth-order valence-corrected chi connectivity index (χ4v) is 3.56. The molecular formula is C18H16F5N5. The summed E-state index contributed by atoms with van der Waals surface area (Å²) in [5, 5.41) is 4.06. The monoisotopic (exact) mass is 397 g/mol. The average Bonchev–Trinajstić information content (AvgIpc) is 3.14. The van der Waals surface area contributed by atoms with Gasteiger partial charge in [0.05, 0.1) is 16.8 Å². The van der Waals surface area contributed by atoms with Crippen LogP contribution in [0.15, 0.2) is 6.33 Å². The predicted octanol–water partition coefficient (Wildman–Crippen LogP) is 4.03. The molecule has 28 heavy (non-hydrogen) atoms. The summed E-state index contributed by atoms with van der Waals surface area (Å²) in [5.41, 5.74) is -1.09. The van der Waals surface area contributed by atoms with Crippen LogP contribution in [0.5, 0.6) is 0 Å². The first-order chi connectivity index (χ1) is 13.3. The molecule has 2 aromatic heterocycles. The van der Waals surface area contributed by atoms with E-state index in [-0.39, 0.29) is 22.9 Å². The first-order valence-electron chi connectivity index (χ1n) is 8.78. The van der Waals surface area contributed by atoms with Gasteiger partial charge in [-0.25, -0.2) is 26.9 Å². The predicted molar refractivity (Wildman–Crippen MR) is 91.4 cm³/mol. The van der Waals surface area contributed by atoms with Crippen LogP contribution in [0.25, 0.3) is 16.9 Å². The zero-order valence-electron chi connectivity index (χ0n) is 15.1. The Morgan fingerprint density at radius 2 is 1.46 bits per heavy atom. The number of anilines is 1. The van der Waals surface area contributed by atoms with Gasteiger partial charge in [0.1, 0.15) is 12.1 Å². The van der Waals surface area contributed by atoms with Gasteiger partial charge in [0.25, 0.3) is 5.78 Å². The topological polar surface area (TPSA) is 46.3 Å². The highest BCUT2D eigenvalue weighted by Crippen LogP contribution is 2.40. The second-order valence-corrected chi connectivity index (χ2v) is 6.98. The fraction of sp³-hybridized carbons (Fsp3) is 0.389. The summed E-state index contributed by atoms with van der Waals surface area (Å²) in [4.78, 5) is 9.96. The van der Waals surface area contributed by atoms with Gasteiger partial charge in [0, 0.05) is 13.1 Å². The second kappa shape index (κ2) is 6.68. The van der Waals surface area contributed by atoms with E-state index < -0.39 is 34.6 Å². The van der Waals surface area contributed by atoms with Gasteiger partial charge in [0.2, 0.25) is 5.82 Å². The maximum absolute atomic E-state index is 14.6. The minimum Gasteiger partial charge on any atom is -0.356 e. The van der Waals surface area contributed by atoms with E-state index >= 15 is 0 Å². The van der Waals surface area contributed by atoms with Crippen LogP contribution in [0.2, 0.25) is 0 Å². The van der Waals surface area contributed by atoms with Crippen molar-refractivity contribution in [3.63, 3.8) is 0 Å². The number of aryl methyl sites for hydroxylation is 1. The number of hydrogen-bond donors (Lipinski definition) is 0. The van der Waals surface area contributed by atoms with Gasteiger partial charge >= 0.3 is 0 Å². The van der Waals surface area contributed by atoms with Gasteiger partial charge < -0.3 is 4.90 Å². The van der Waals surface area contributed by atoms with Crippen molar-refractivity contribution in [3.05, 3.63) is 41.1 Å². The number of rotatable bonds is 2. The molecule has 0 bridgehead atoms. The molecule has 1 aliphatic rings. The van der Waals surface area contributed by atoms with E-state index in [0.717, 1.165) is 12.8 Å². The molecule has 4 rings (SSSR count). The molecule has 10 heteroatoms. The molecule has 148 valence electrons. The summed E-state index contributed by atoms with van der Waals surface area (Å²) in [6, 6.07) is 0. The number of fused-ring (bicyclic) bond motifs is 1. The van der Waals surface area contributed by atoms with Crippen LogP contribution < -0.4 is 4.90 Å². The SMILES string of the molecule is Cc1nc2ncnn2c(N2CCC(C)CC2)c1-c1c(F)c(F)c(F)c(F)c1F. The van der Waals surface area contributed by atoms with E-state index in [4.69, 9.17) is 0 Å². The molecule has 0 atom stereocenters. The van der Waals surface area contributed by atoms with Crippen LogP contribution in [-0.4, -0.2) is 32.7 Å². The summed E-state index contributed by atoms with van der Waals surface area (Å²) < 4.78 is 71.7.